The number of amides is 1. The van der Waals surface area contributed by atoms with E-state index in [9.17, 15) is 4.79 Å². The van der Waals surface area contributed by atoms with E-state index < -0.39 is 0 Å². The fourth-order valence-corrected chi connectivity index (χ4v) is 2.25. The van der Waals surface area contributed by atoms with Gasteiger partial charge >= 0.3 is 0 Å². The molecule has 0 fully saturated rings. The number of carbonyl (C=O) groups excluding carboxylic acids is 1. The van der Waals surface area contributed by atoms with E-state index in [0.29, 0.717) is 18.7 Å². The van der Waals surface area contributed by atoms with Crippen molar-refractivity contribution in [2.45, 2.75) is 32.9 Å². The molecular weight excluding hydrogens is 288 g/mol. The minimum absolute atomic E-state index is 0.0518. The molecule has 0 aliphatic carbocycles. The highest BCUT2D eigenvalue weighted by Gasteiger charge is 2.11. The molecule has 0 saturated carbocycles. The molecule has 3 N–H and O–H groups in total. The highest BCUT2D eigenvalue weighted by Crippen LogP contribution is 2.15. The Kier molecular flexibility index (Phi) is 6.18. The number of hydrogen-bond acceptors (Lipinski definition) is 3. The predicted molar refractivity (Wildman–Crippen MR) is 92.6 cm³/mol. The summed E-state index contributed by atoms with van der Waals surface area (Å²) < 4.78 is 5.94. The molecule has 0 radical (unpaired) electrons. The summed E-state index contributed by atoms with van der Waals surface area (Å²) in [5.74, 6) is 0.735. The van der Waals surface area contributed by atoms with Crippen LogP contribution >= 0.6 is 0 Å². The van der Waals surface area contributed by atoms with Gasteiger partial charge in [-0.3, -0.25) is 4.79 Å². The first-order valence-electron chi connectivity index (χ1n) is 7.93. The molecule has 1 atom stereocenters. The van der Waals surface area contributed by atoms with Crippen molar-refractivity contribution in [3.8, 4) is 5.75 Å². The normalized spacial score (nSPS) is 11.8. The van der Waals surface area contributed by atoms with Crippen LogP contribution in [0.1, 0.15) is 34.8 Å². The minimum Gasteiger partial charge on any atom is -0.489 e. The lowest BCUT2D eigenvalue weighted by Crippen LogP contribution is -2.35. The Morgan fingerprint density at radius 2 is 1.96 bits per heavy atom. The quantitative estimate of drug-likeness (QED) is 0.826. The van der Waals surface area contributed by atoms with E-state index in [1.54, 1.807) is 12.1 Å². The molecule has 0 heterocycles. The summed E-state index contributed by atoms with van der Waals surface area (Å²) in [5.41, 5.74) is 8.36. The summed E-state index contributed by atoms with van der Waals surface area (Å²) in [6.07, 6.45) is 0.768. The number of rotatable bonds is 7. The van der Waals surface area contributed by atoms with E-state index in [2.05, 4.69) is 5.32 Å². The van der Waals surface area contributed by atoms with E-state index in [0.717, 1.165) is 23.3 Å². The van der Waals surface area contributed by atoms with Crippen molar-refractivity contribution in [2.24, 2.45) is 5.73 Å². The smallest absolute Gasteiger partial charge is 0.251 e. The Morgan fingerprint density at radius 1 is 1.22 bits per heavy atom. The van der Waals surface area contributed by atoms with Gasteiger partial charge in [0.2, 0.25) is 0 Å². The number of ether oxygens (including phenoxy) is 1. The number of benzene rings is 2. The van der Waals surface area contributed by atoms with Crippen LogP contribution in [0.15, 0.2) is 48.5 Å². The molecule has 0 aliphatic rings. The standard InChI is InChI=1S/C19H24N2O2/c1-3-17(23-18-6-4-5-14(2)11-18)13-21-19(22)16-9-7-15(12-20)8-10-16/h4-11,17H,3,12-13,20H2,1-2H3,(H,21,22). The summed E-state index contributed by atoms with van der Waals surface area (Å²) in [6.45, 7) is 5.02. The zero-order valence-corrected chi connectivity index (χ0v) is 13.7. The molecule has 0 aliphatic heterocycles. The summed E-state index contributed by atoms with van der Waals surface area (Å²) in [4.78, 5) is 12.2. The number of nitrogens with two attached hydrogens (primary N) is 1. The monoisotopic (exact) mass is 312 g/mol. The maximum atomic E-state index is 12.2. The highest BCUT2D eigenvalue weighted by molar-refractivity contribution is 5.94. The van der Waals surface area contributed by atoms with Crippen LogP contribution in [0.5, 0.6) is 5.75 Å². The summed E-state index contributed by atoms with van der Waals surface area (Å²) in [7, 11) is 0. The highest BCUT2D eigenvalue weighted by atomic mass is 16.5. The van der Waals surface area contributed by atoms with Gasteiger partial charge in [-0.1, -0.05) is 31.2 Å². The third kappa shape index (κ3) is 5.11. The number of carbonyl (C=O) groups is 1. The van der Waals surface area contributed by atoms with Crippen LogP contribution in [0.2, 0.25) is 0 Å². The first-order valence-corrected chi connectivity index (χ1v) is 7.93. The molecule has 2 aromatic carbocycles. The van der Waals surface area contributed by atoms with Gasteiger partial charge < -0.3 is 15.8 Å². The molecule has 0 aromatic heterocycles. The molecule has 0 bridgehead atoms. The van der Waals surface area contributed by atoms with Crippen molar-refractivity contribution < 1.29 is 9.53 Å². The molecule has 23 heavy (non-hydrogen) atoms. The van der Waals surface area contributed by atoms with E-state index in [1.807, 2.05) is 50.2 Å². The predicted octanol–water partition coefficient (Wildman–Crippen LogP) is 3.04. The molecule has 0 spiro atoms. The lowest BCUT2D eigenvalue weighted by Gasteiger charge is -2.18. The minimum atomic E-state index is -0.0973. The summed E-state index contributed by atoms with van der Waals surface area (Å²) in [6, 6.07) is 15.2. The maximum absolute atomic E-state index is 12.2. The molecule has 2 rings (SSSR count). The molecule has 4 heteroatoms. The van der Waals surface area contributed by atoms with E-state index in [4.69, 9.17) is 10.5 Å². The second kappa shape index (κ2) is 8.34. The first kappa shape index (κ1) is 17.0. The third-order valence-corrected chi connectivity index (χ3v) is 3.69. The van der Waals surface area contributed by atoms with Crippen molar-refractivity contribution in [3.63, 3.8) is 0 Å². The molecule has 4 nitrogen and oxygen atoms in total. The number of nitrogens with one attached hydrogen (secondary N) is 1. The number of hydrogen-bond donors (Lipinski definition) is 2. The van der Waals surface area contributed by atoms with Gasteiger partial charge in [0.15, 0.2) is 0 Å². The maximum Gasteiger partial charge on any atom is 0.251 e. The van der Waals surface area contributed by atoms with Gasteiger partial charge in [0.1, 0.15) is 11.9 Å². The fourth-order valence-electron chi connectivity index (χ4n) is 2.25. The Hall–Kier alpha value is -2.33. The zero-order chi connectivity index (χ0) is 16.7. The van der Waals surface area contributed by atoms with Crippen LogP contribution in [0.4, 0.5) is 0 Å². The van der Waals surface area contributed by atoms with Crippen LogP contribution in [0.25, 0.3) is 0 Å². The average Bonchev–Trinajstić information content (AvgIpc) is 2.58. The third-order valence-electron chi connectivity index (χ3n) is 3.69. The van der Waals surface area contributed by atoms with Gasteiger partial charge in [-0.15, -0.1) is 0 Å². The van der Waals surface area contributed by atoms with Crippen molar-refractivity contribution in [2.75, 3.05) is 6.54 Å². The lowest BCUT2D eigenvalue weighted by molar-refractivity contribution is 0.0926. The second-order valence-corrected chi connectivity index (χ2v) is 5.58. The van der Waals surface area contributed by atoms with Crippen molar-refractivity contribution in [1.82, 2.24) is 5.32 Å². The topological polar surface area (TPSA) is 64.4 Å². The summed E-state index contributed by atoms with van der Waals surface area (Å²) in [5, 5.41) is 2.93. The number of aryl methyl sites for hydroxylation is 1. The lowest BCUT2D eigenvalue weighted by atomic mass is 10.1. The molecule has 0 saturated heterocycles. The van der Waals surface area contributed by atoms with Crippen LogP contribution in [-0.4, -0.2) is 18.6 Å². The Balaban J connectivity index is 1.90. The molecule has 2 aromatic rings. The zero-order valence-electron chi connectivity index (χ0n) is 13.7. The Bertz CT molecular complexity index is 638. The first-order chi connectivity index (χ1) is 11.1. The molecular formula is C19H24N2O2. The fraction of sp³-hybridized carbons (Fsp3) is 0.316. The van der Waals surface area contributed by atoms with Gasteiger partial charge in [-0.25, -0.2) is 0 Å². The Labute approximate surface area is 137 Å². The van der Waals surface area contributed by atoms with Crippen LogP contribution in [-0.2, 0) is 6.54 Å². The van der Waals surface area contributed by atoms with Crippen LogP contribution in [0.3, 0.4) is 0 Å². The van der Waals surface area contributed by atoms with Crippen LogP contribution in [0, 0.1) is 6.92 Å². The van der Waals surface area contributed by atoms with Gasteiger partial charge in [-0.2, -0.15) is 0 Å². The Morgan fingerprint density at radius 3 is 2.57 bits per heavy atom. The SMILES string of the molecule is CCC(CNC(=O)c1ccc(CN)cc1)Oc1cccc(C)c1. The van der Waals surface area contributed by atoms with E-state index >= 15 is 0 Å². The second-order valence-electron chi connectivity index (χ2n) is 5.58. The summed E-state index contributed by atoms with van der Waals surface area (Å²) >= 11 is 0. The van der Waals surface area contributed by atoms with Crippen LogP contribution < -0.4 is 15.8 Å². The van der Waals surface area contributed by atoms with Gasteiger partial charge in [0.25, 0.3) is 5.91 Å². The van der Waals surface area contributed by atoms with Crippen molar-refractivity contribution >= 4 is 5.91 Å². The molecule has 122 valence electrons. The van der Waals surface area contributed by atoms with E-state index in [-0.39, 0.29) is 12.0 Å². The van der Waals surface area contributed by atoms with E-state index in [1.165, 1.54) is 0 Å². The van der Waals surface area contributed by atoms with Crippen molar-refractivity contribution in [1.29, 1.82) is 0 Å². The molecule has 1 unspecified atom stereocenters. The van der Waals surface area contributed by atoms with Crippen molar-refractivity contribution in [3.05, 3.63) is 65.2 Å². The largest absolute Gasteiger partial charge is 0.489 e. The average molecular weight is 312 g/mol. The van der Waals surface area contributed by atoms with Gasteiger partial charge in [-0.05, 0) is 48.7 Å². The van der Waals surface area contributed by atoms with Gasteiger partial charge in [0.05, 0.1) is 6.54 Å². The van der Waals surface area contributed by atoms with Gasteiger partial charge in [0, 0.05) is 12.1 Å². The molecule has 1 amide bonds.